The van der Waals surface area contributed by atoms with E-state index in [9.17, 15) is 0 Å². The van der Waals surface area contributed by atoms with E-state index in [-0.39, 0.29) is 6.04 Å². The smallest absolute Gasteiger partial charge is 0.0979 e. The van der Waals surface area contributed by atoms with E-state index >= 15 is 0 Å². The van der Waals surface area contributed by atoms with Gasteiger partial charge in [-0.1, -0.05) is 34.1 Å². The van der Waals surface area contributed by atoms with Crippen molar-refractivity contribution in [1.82, 2.24) is 10.2 Å². The van der Waals surface area contributed by atoms with Crippen LogP contribution in [0.15, 0.2) is 0 Å². The molecule has 0 radical (unpaired) electrons. The second-order valence-electron chi connectivity index (χ2n) is 3.97. The Balaban J connectivity index is 3.77. The van der Waals surface area contributed by atoms with Gasteiger partial charge in [-0.3, -0.25) is 0 Å². The third kappa shape index (κ3) is 5.76. The van der Waals surface area contributed by atoms with Crippen LogP contribution in [0.2, 0.25) is 0 Å². The van der Waals surface area contributed by atoms with Crippen LogP contribution < -0.4 is 5.32 Å². The average molecular weight is 211 g/mol. The molecule has 0 aromatic heterocycles. The predicted octanol–water partition coefficient (Wildman–Crippen LogP) is 1.86. The van der Waals surface area contributed by atoms with Crippen molar-refractivity contribution in [2.45, 2.75) is 40.2 Å². The molecule has 2 unspecified atom stereocenters. The highest BCUT2D eigenvalue weighted by atomic mass is 15.1. The zero-order valence-corrected chi connectivity index (χ0v) is 10.6. The van der Waals surface area contributed by atoms with Crippen molar-refractivity contribution in [1.29, 1.82) is 5.26 Å². The standard InChI is InChI=1S/C12H25N3/c1-5-11(4)12(10-13)14-8-9-15(6-2)7-3/h11-12,14H,5-9H2,1-4H3. The lowest BCUT2D eigenvalue weighted by atomic mass is 10.0. The van der Waals surface area contributed by atoms with Crippen LogP contribution in [0, 0.1) is 17.2 Å². The van der Waals surface area contributed by atoms with E-state index in [4.69, 9.17) is 5.26 Å². The van der Waals surface area contributed by atoms with E-state index in [0.29, 0.717) is 5.92 Å². The third-order valence-electron chi connectivity index (χ3n) is 3.04. The van der Waals surface area contributed by atoms with Gasteiger partial charge in [-0.15, -0.1) is 0 Å². The number of nitriles is 1. The number of likely N-dealkylation sites (N-methyl/N-ethyl adjacent to an activating group) is 1. The summed E-state index contributed by atoms with van der Waals surface area (Å²) in [6.07, 6.45) is 1.05. The molecule has 0 amide bonds. The summed E-state index contributed by atoms with van der Waals surface area (Å²) in [7, 11) is 0. The minimum Gasteiger partial charge on any atom is -0.303 e. The summed E-state index contributed by atoms with van der Waals surface area (Å²) in [6, 6.07) is 2.34. The first-order chi connectivity index (χ1) is 7.19. The molecule has 0 aliphatic rings. The van der Waals surface area contributed by atoms with Gasteiger partial charge in [0.2, 0.25) is 0 Å². The lowest BCUT2D eigenvalue weighted by Crippen LogP contribution is -2.39. The molecule has 0 aliphatic carbocycles. The van der Waals surface area contributed by atoms with Crippen molar-refractivity contribution in [2.75, 3.05) is 26.2 Å². The Morgan fingerprint density at radius 1 is 1.27 bits per heavy atom. The van der Waals surface area contributed by atoms with Crippen LogP contribution in [0.4, 0.5) is 0 Å². The van der Waals surface area contributed by atoms with Crippen molar-refractivity contribution in [3.63, 3.8) is 0 Å². The molecule has 0 fully saturated rings. The predicted molar refractivity (Wildman–Crippen MR) is 64.6 cm³/mol. The van der Waals surface area contributed by atoms with Crippen LogP contribution in [0.25, 0.3) is 0 Å². The van der Waals surface area contributed by atoms with Crippen LogP contribution in [-0.4, -0.2) is 37.1 Å². The van der Waals surface area contributed by atoms with E-state index in [1.54, 1.807) is 0 Å². The molecule has 0 aliphatic heterocycles. The molecule has 0 spiro atoms. The molecule has 15 heavy (non-hydrogen) atoms. The zero-order chi connectivity index (χ0) is 11.7. The van der Waals surface area contributed by atoms with Crippen LogP contribution in [0.1, 0.15) is 34.1 Å². The van der Waals surface area contributed by atoms with Crippen molar-refractivity contribution in [3.8, 4) is 6.07 Å². The van der Waals surface area contributed by atoms with Gasteiger partial charge in [0, 0.05) is 13.1 Å². The normalized spacial score (nSPS) is 14.9. The first kappa shape index (κ1) is 14.4. The molecular formula is C12H25N3. The van der Waals surface area contributed by atoms with E-state index in [2.05, 4.69) is 44.0 Å². The van der Waals surface area contributed by atoms with Crippen molar-refractivity contribution in [2.24, 2.45) is 5.92 Å². The fourth-order valence-electron chi connectivity index (χ4n) is 1.53. The van der Waals surface area contributed by atoms with Crippen LogP contribution in [0.5, 0.6) is 0 Å². The average Bonchev–Trinajstić information content (AvgIpc) is 2.28. The summed E-state index contributed by atoms with van der Waals surface area (Å²) >= 11 is 0. The summed E-state index contributed by atoms with van der Waals surface area (Å²) in [5.41, 5.74) is 0. The Morgan fingerprint density at radius 2 is 1.87 bits per heavy atom. The molecular weight excluding hydrogens is 186 g/mol. The maximum Gasteiger partial charge on any atom is 0.0979 e. The Morgan fingerprint density at radius 3 is 2.27 bits per heavy atom. The van der Waals surface area contributed by atoms with Gasteiger partial charge in [0.25, 0.3) is 0 Å². The van der Waals surface area contributed by atoms with Crippen molar-refractivity contribution in [3.05, 3.63) is 0 Å². The first-order valence-corrected chi connectivity index (χ1v) is 6.04. The Hall–Kier alpha value is -0.590. The Kier molecular flexibility index (Phi) is 8.35. The van der Waals surface area contributed by atoms with Gasteiger partial charge < -0.3 is 10.2 Å². The van der Waals surface area contributed by atoms with E-state index in [0.717, 1.165) is 32.6 Å². The van der Waals surface area contributed by atoms with Crippen molar-refractivity contribution >= 4 is 0 Å². The second kappa shape index (κ2) is 8.70. The van der Waals surface area contributed by atoms with Crippen LogP contribution in [-0.2, 0) is 0 Å². The number of nitrogens with one attached hydrogen (secondary N) is 1. The topological polar surface area (TPSA) is 39.1 Å². The minimum atomic E-state index is 0.00515. The molecule has 1 N–H and O–H groups in total. The number of hydrogen-bond acceptors (Lipinski definition) is 3. The van der Waals surface area contributed by atoms with Gasteiger partial charge in [0.1, 0.15) is 0 Å². The number of rotatable bonds is 8. The fraction of sp³-hybridized carbons (Fsp3) is 0.917. The molecule has 0 bridgehead atoms. The Labute approximate surface area is 94.5 Å². The van der Waals surface area contributed by atoms with E-state index < -0.39 is 0 Å². The summed E-state index contributed by atoms with van der Waals surface area (Å²) < 4.78 is 0. The maximum absolute atomic E-state index is 8.98. The minimum absolute atomic E-state index is 0.00515. The molecule has 3 nitrogen and oxygen atoms in total. The van der Waals surface area contributed by atoms with Gasteiger partial charge in [0.15, 0.2) is 0 Å². The quantitative estimate of drug-likeness (QED) is 0.666. The molecule has 0 aromatic rings. The largest absolute Gasteiger partial charge is 0.303 e. The molecule has 0 saturated carbocycles. The SMILES string of the molecule is CCC(C)C(C#N)NCCN(CC)CC. The summed E-state index contributed by atoms with van der Waals surface area (Å²) in [4.78, 5) is 2.36. The summed E-state index contributed by atoms with van der Waals surface area (Å²) in [5.74, 6) is 0.437. The lowest BCUT2D eigenvalue weighted by Gasteiger charge is -2.21. The highest BCUT2D eigenvalue weighted by Crippen LogP contribution is 2.05. The number of hydrogen-bond donors (Lipinski definition) is 1. The molecule has 0 rings (SSSR count). The monoisotopic (exact) mass is 211 g/mol. The summed E-state index contributed by atoms with van der Waals surface area (Å²) in [5, 5.41) is 12.3. The van der Waals surface area contributed by atoms with Crippen LogP contribution in [0.3, 0.4) is 0 Å². The first-order valence-electron chi connectivity index (χ1n) is 6.04. The number of nitrogens with zero attached hydrogens (tertiary/aromatic N) is 2. The van der Waals surface area contributed by atoms with Crippen LogP contribution >= 0.6 is 0 Å². The fourth-order valence-corrected chi connectivity index (χ4v) is 1.53. The highest BCUT2D eigenvalue weighted by Gasteiger charge is 2.13. The lowest BCUT2D eigenvalue weighted by molar-refractivity contribution is 0.292. The van der Waals surface area contributed by atoms with Gasteiger partial charge in [-0.2, -0.15) is 5.26 Å². The molecule has 0 saturated heterocycles. The molecule has 3 heteroatoms. The Bertz CT molecular complexity index is 182. The van der Waals surface area contributed by atoms with Gasteiger partial charge >= 0.3 is 0 Å². The maximum atomic E-state index is 8.98. The zero-order valence-electron chi connectivity index (χ0n) is 10.6. The van der Waals surface area contributed by atoms with Crippen molar-refractivity contribution < 1.29 is 0 Å². The second-order valence-corrected chi connectivity index (χ2v) is 3.97. The van der Waals surface area contributed by atoms with E-state index in [1.807, 2.05) is 0 Å². The van der Waals surface area contributed by atoms with Gasteiger partial charge in [0.05, 0.1) is 12.1 Å². The molecule has 0 aromatic carbocycles. The molecule has 88 valence electrons. The van der Waals surface area contributed by atoms with E-state index in [1.165, 1.54) is 0 Å². The molecule has 0 heterocycles. The van der Waals surface area contributed by atoms with Gasteiger partial charge in [-0.05, 0) is 19.0 Å². The third-order valence-corrected chi connectivity index (χ3v) is 3.04. The molecule has 2 atom stereocenters. The summed E-state index contributed by atoms with van der Waals surface area (Å²) in [6.45, 7) is 12.7. The highest BCUT2D eigenvalue weighted by molar-refractivity contribution is 4.92. The van der Waals surface area contributed by atoms with Gasteiger partial charge in [-0.25, -0.2) is 0 Å².